The van der Waals surface area contributed by atoms with Gasteiger partial charge in [-0.2, -0.15) is 19.5 Å². The van der Waals surface area contributed by atoms with Gasteiger partial charge in [0.25, 0.3) is 5.91 Å². The van der Waals surface area contributed by atoms with Gasteiger partial charge in [0.05, 0.1) is 35.9 Å². The van der Waals surface area contributed by atoms with Gasteiger partial charge in [0.15, 0.2) is 0 Å². The number of nitrogens with zero attached hydrogens (tertiary/aromatic N) is 5. The first-order valence-corrected chi connectivity index (χ1v) is 16.3. The van der Waals surface area contributed by atoms with Gasteiger partial charge in [-0.05, 0) is 103 Å². The molecule has 1 amide bonds. The van der Waals surface area contributed by atoms with E-state index in [0.29, 0.717) is 40.8 Å². The Hall–Kier alpha value is -4.26. The number of sulfonamides is 1. The maximum Gasteiger partial charge on any atom is 0.287 e. The largest absolute Gasteiger partial charge is 0.497 e. The molecule has 2 aliphatic heterocycles. The number of rotatable bonds is 9. The van der Waals surface area contributed by atoms with Crippen LogP contribution in [0.4, 0.5) is 0 Å². The number of ether oxygens (including phenoxy) is 2. The number of piperidine rings is 1. The van der Waals surface area contributed by atoms with Crippen molar-refractivity contribution in [3.63, 3.8) is 0 Å². The van der Waals surface area contributed by atoms with Crippen molar-refractivity contribution < 1.29 is 22.7 Å². The number of amides is 1. The van der Waals surface area contributed by atoms with Gasteiger partial charge < -0.3 is 9.47 Å². The molecule has 0 unspecified atom stereocenters. The fourth-order valence-electron chi connectivity index (χ4n) is 4.60. The van der Waals surface area contributed by atoms with E-state index in [9.17, 15) is 13.2 Å². The summed E-state index contributed by atoms with van der Waals surface area (Å²) in [5.74, 6) is 1.09. The van der Waals surface area contributed by atoms with E-state index in [4.69, 9.17) is 9.47 Å². The Morgan fingerprint density at radius 2 is 1.43 bits per heavy atom. The first kappa shape index (κ1) is 31.2. The van der Waals surface area contributed by atoms with Gasteiger partial charge in [0.2, 0.25) is 15.2 Å². The smallest absolute Gasteiger partial charge is 0.287 e. The maximum absolute atomic E-state index is 13.4. The molecule has 2 fully saturated rings. The Labute approximate surface area is 261 Å². The molecule has 0 aromatic heterocycles. The standard InChI is InChI=1S/C32H33N5O5S2/c1-23(26-11-17-29(18-12-26)44(39,40)36-19-5-4-6-20-36)34-35-32-37(33-22-25-9-15-28(42-3)16-10-25)31(38)30(43-32)21-24-7-13-27(41-2)14-8-24/h7-18,21-22H,4-6,19-20H2,1-3H3/b30-21+,33-22+,34-23+,35-32-. The van der Waals surface area contributed by atoms with Crippen LogP contribution in [0.15, 0.2) is 97.9 Å². The van der Waals surface area contributed by atoms with E-state index < -0.39 is 10.0 Å². The molecule has 2 aliphatic rings. The van der Waals surface area contributed by atoms with Crippen LogP contribution >= 0.6 is 11.8 Å². The average molecular weight is 632 g/mol. The molecule has 0 N–H and O–H groups in total. The van der Waals surface area contributed by atoms with Crippen LogP contribution in [0.1, 0.15) is 42.9 Å². The Balaban J connectivity index is 1.40. The quantitative estimate of drug-likeness (QED) is 0.172. The number of benzene rings is 3. The molecule has 0 atom stereocenters. The van der Waals surface area contributed by atoms with Gasteiger partial charge in [0, 0.05) is 13.1 Å². The Bertz CT molecular complexity index is 1710. The molecule has 228 valence electrons. The second-order valence-corrected chi connectivity index (χ2v) is 13.0. The number of thioether (sulfide) groups is 1. The molecule has 2 heterocycles. The van der Waals surface area contributed by atoms with Crippen molar-refractivity contribution in [3.8, 4) is 11.5 Å². The van der Waals surface area contributed by atoms with Crippen LogP contribution in [-0.2, 0) is 14.8 Å². The summed E-state index contributed by atoms with van der Waals surface area (Å²) in [7, 11) is -0.339. The van der Waals surface area contributed by atoms with Gasteiger partial charge in [0.1, 0.15) is 11.5 Å². The van der Waals surface area contributed by atoms with E-state index in [1.165, 1.54) is 5.01 Å². The van der Waals surface area contributed by atoms with Crippen LogP contribution < -0.4 is 9.47 Å². The molecule has 0 saturated carbocycles. The first-order valence-electron chi connectivity index (χ1n) is 14.1. The minimum Gasteiger partial charge on any atom is -0.497 e. The van der Waals surface area contributed by atoms with Crippen molar-refractivity contribution in [2.75, 3.05) is 27.3 Å². The van der Waals surface area contributed by atoms with Crippen LogP contribution in [0, 0.1) is 0 Å². The van der Waals surface area contributed by atoms with E-state index in [-0.39, 0.29) is 16.0 Å². The molecule has 5 rings (SSSR count). The molecule has 2 saturated heterocycles. The first-order chi connectivity index (χ1) is 21.3. The van der Waals surface area contributed by atoms with E-state index in [2.05, 4.69) is 15.3 Å². The SMILES string of the molecule is COc1ccc(/C=N/N2C(=O)/C(=C\c3ccc(OC)cc3)S/C2=N\N=C(/C)c2ccc(S(=O)(=O)N3CCCCC3)cc2)cc1. The van der Waals surface area contributed by atoms with Gasteiger partial charge in [-0.3, -0.25) is 4.79 Å². The average Bonchev–Trinajstić information content (AvgIpc) is 3.36. The van der Waals surface area contributed by atoms with Crippen molar-refractivity contribution in [1.29, 1.82) is 0 Å². The summed E-state index contributed by atoms with van der Waals surface area (Å²) in [5, 5.41) is 14.7. The van der Waals surface area contributed by atoms with Crippen molar-refractivity contribution >= 4 is 50.9 Å². The Kier molecular flexibility index (Phi) is 9.93. The van der Waals surface area contributed by atoms with Crippen LogP contribution in [0.3, 0.4) is 0 Å². The van der Waals surface area contributed by atoms with Crippen LogP contribution in [0.5, 0.6) is 11.5 Å². The van der Waals surface area contributed by atoms with Gasteiger partial charge >= 0.3 is 0 Å². The third-order valence-electron chi connectivity index (χ3n) is 7.15. The lowest BCUT2D eigenvalue weighted by atomic mass is 10.1. The van der Waals surface area contributed by atoms with Gasteiger partial charge in [-0.1, -0.05) is 30.7 Å². The van der Waals surface area contributed by atoms with Gasteiger partial charge in [-0.25, -0.2) is 8.42 Å². The highest BCUT2D eigenvalue weighted by Crippen LogP contribution is 2.33. The zero-order chi connectivity index (χ0) is 31.1. The zero-order valence-corrected chi connectivity index (χ0v) is 26.3. The van der Waals surface area contributed by atoms with Crippen molar-refractivity contribution in [2.24, 2.45) is 15.3 Å². The Morgan fingerprint density at radius 3 is 2.02 bits per heavy atom. The summed E-state index contributed by atoms with van der Waals surface area (Å²) in [6.07, 6.45) is 6.14. The number of carbonyl (C=O) groups excluding carboxylic acids is 1. The van der Waals surface area contributed by atoms with Crippen molar-refractivity contribution in [1.82, 2.24) is 9.31 Å². The Morgan fingerprint density at radius 1 is 0.841 bits per heavy atom. The third-order valence-corrected chi connectivity index (χ3v) is 10.0. The molecular formula is C32H33N5O5S2. The second kappa shape index (κ2) is 14.0. The van der Waals surface area contributed by atoms with E-state index in [1.54, 1.807) is 62.0 Å². The fourth-order valence-corrected chi connectivity index (χ4v) is 6.98. The molecule has 0 radical (unpaired) electrons. The number of hydrazone groups is 1. The zero-order valence-electron chi connectivity index (χ0n) is 24.7. The third kappa shape index (κ3) is 7.26. The molecule has 3 aromatic carbocycles. The summed E-state index contributed by atoms with van der Waals surface area (Å²) >= 11 is 1.16. The predicted molar refractivity (Wildman–Crippen MR) is 175 cm³/mol. The van der Waals surface area contributed by atoms with E-state index >= 15 is 0 Å². The van der Waals surface area contributed by atoms with Crippen LogP contribution in [-0.4, -0.2) is 68.0 Å². The highest BCUT2D eigenvalue weighted by Gasteiger charge is 2.34. The summed E-state index contributed by atoms with van der Waals surface area (Å²) in [4.78, 5) is 14.1. The lowest BCUT2D eigenvalue weighted by Crippen LogP contribution is -2.35. The molecule has 3 aromatic rings. The van der Waals surface area contributed by atoms with Crippen molar-refractivity contribution in [2.45, 2.75) is 31.1 Å². The van der Waals surface area contributed by atoms with E-state index in [0.717, 1.165) is 42.2 Å². The minimum atomic E-state index is -3.53. The molecule has 0 aliphatic carbocycles. The predicted octanol–water partition coefficient (Wildman–Crippen LogP) is 5.61. The second-order valence-electron chi connectivity index (χ2n) is 10.1. The number of amidine groups is 1. The minimum absolute atomic E-state index is 0.256. The molecule has 0 bridgehead atoms. The van der Waals surface area contributed by atoms with E-state index in [1.807, 2.05) is 48.5 Å². The number of hydrogen-bond donors (Lipinski definition) is 0. The van der Waals surface area contributed by atoms with Gasteiger partial charge in [-0.15, -0.1) is 5.10 Å². The number of hydrogen-bond acceptors (Lipinski definition) is 9. The van der Waals surface area contributed by atoms with Crippen LogP contribution in [0.25, 0.3) is 6.08 Å². The normalized spacial score (nSPS) is 18.5. The highest BCUT2D eigenvalue weighted by atomic mass is 32.2. The fraction of sp³-hybridized carbons (Fsp3) is 0.250. The van der Waals surface area contributed by atoms with Crippen LogP contribution in [0.2, 0.25) is 0 Å². The molecule has 44 heavy (non-hydrogen) atoms. The summed E-state index contributed by atoms with van der Waals surface area (Å²) in [6.45, 7) is 2.87. The summed E-state index contributed by atoms with van der Waals surface area (Å²) in [6, 6.07) is 21.3. The summed E-state index contributed by atoms with van der Waals surface area (Å²) in [5.41, 5.74) is 2.86. The maximum atomic E-state index is 13.4. The molecule has 0 spiro atoms. The summed E-state index contributed by atoms with van der Waals surface area (Å²) < 4.78 is 38.0. The monoisotopic (exact) mass is 631 g/mol. The van der Waals surface area contributed by atoms with Crippen molar-refractivity contribution in [3.05, 3.63) is 94.4 Å². The highest BCUT2D eigenvalue weighted by molar-refractivity contribution is 8.18. The molecular weight excluding hydrogens is 599 g/mol. The molecule has 10 nitrogen and oxygen atoms in total. The number of methoxy groups -OCH3 is 2. The number of carbonyl (C=O) groups is 1. The lowest BCUT2D eigenvalue weighted by molar-refractivity contribution is -0.122. The lowest BCUT2D eigenvalue weighted by Gasteiger charge is -2.25. The topological polar surface area (TPSA) is 113 Å². The molecule has 12 heteroatoms.